The van der Waals surface area contributed by atoms with Crippen molar-refractivity contribution in [3.05, 3.63) is 16.1 Å². The van der Waals surface area contributed by atoms with Crippen LogP contribution in [0.5, 0.6) is 0 Å². The van der Waals surface area contributed by atoms with Crippen LogP contribution in [0, 0.1) is 0 Å². The highest BCUT2D eigenvalue weighted by molar-refractivity contribution is 7.11. The van der Waals surface area contributed by atoms with E-state index >= 15 is 0 Å². The van der Waals surface area contributed by atoms with Crippen molar-refractivity contribution in [2.45, 2.75) is 32.4 Å². The van der Waals surface area contributed by atoms with Crippen molar-refractivity contribution in [3.8, 4) is 0 Å². The molecule has 0 aromatic carbocycles. The predicted octanol–water partition coefficient (Wildman–Crippen LogP) is 1.28. The number of nitrogens with one attached hydrogen (secondary N) is 1. The van der Waals surface area contributed by atoms with Gasteiger partial charge in [-0.2, -0.15) is 0 Å². The zero-order valence-corrected chi connectivity index (χ0v) is 11.9. The Balaban J connectivity index is 2.36. The maximum absolute atomic E-state index is 9.75. The molecule has 0 saturated carbocycles. The first-order valence-electron chi connectivity index (χ1n) is 6.03. The molecule has 0 fully saturated rings. The molecule has 2 N–H and O–H groups in total. The van der Waals surface area contributed by atoms with Crippen molar-refractivity contribution < 1.29 is 5.11 Å². The minimum Gasteiger partial charge on any atom is -0.390 e. The molecular weight excluding hydrogens is 234 g/mol. The molecular formula is C12H23N3OS. The van der Waals surface area contributed by atoms with Gasteiger partial charge >= 0.3 is 0 Å². The number of rotatable bonds is 7. The number of hydrogen-bond acceptors (Lipinski definition) is 5. The first-order chi connectivity index (χ1) is 8.02. The molecule has 0 aliphatic rings. The van der Waals surface area contributed by atoms with Gasteiger partial charge in [0.2, 0.25) is 0 Å². The third-order valence-electron chi connectivity index (χ3n) is 2.53. The highest BCUT2D eigenvalue weighted by Gasteiger charge is 2.12. The number of nitrogens with zero attached hydrogens (tertiary/aromatic N) is 2. The normalized spacial score (nSPS) is 15.2. The molecule has 1 heterocycles. The molecule has 0 aliphatic carbocycles. The standard InChI is InChI=1S/C12H23N3OS/c1-5-11-7-14-12(17-11)9(2)13-6-10(16)8-15(3)4/h7,9-10,13,16H,5-6,8H2,1-4H3. The van der Waals surface area contributed by atoms with Gasteiger partial charge in [-0.05, 0) is 27.4 Å². The third kappa shape index (κ3) is 5.12. The van der Waals surface area contributed by atoms with Crippen LogP contribution in [0.1, 0.15) is 29.8 Å². The Hall–Kier alpha value is -0.490. The van der Waals surface area contributed by atoms with Crippen LogP contribution in [0.25, 0.3) is 0 Å². The van der Waals surface area contributed by atoms with Gasteiger partial charge in [0.25, 0.3) is 0 Å². The lowest BCUT2D eigenvalue weighted by Crippen LogP contribution is -2.36. The zero-order valence-electron chi connectivity index (χ0n) is 11.1. The average Bonchev–Trinajstić information content (AvgIpc) is 2.73. The van der Waals surface area contributed by atoms with Gasteiger partial charge in [-0.25, -0.2) is 4.98 Å². The summed E-state index contributed by atoms with van der Waals surface area (Å²) in [6.07, 6.45) is 2.64. The lowest BCUT2D eigenvalue weighted by atomic mass is 10.3. The molecule has 0 aliphatic heterocycles. The van der Waals surface area contributed by atoms with E-state index < -0.39 is 0 Å². The van der Waals surface area contributed by atoms with E-state index in [-0.39, 0.29) is 12.1 Å². The van der Waals surface area contributed by atoms with Gasteiger partial charge in [-0.1, -0.05) is 6.92 Å². The lowest BCUT2D eigenvalue weighted by molar-refractivity contribution is 0.132. The summed E-state index contributed by atoms with van der Waals surface area (Å²) in [6.45, 7) is 5.50. The lowest BCUT2D eigenvalue weighted by Gasteiger charge is -2.18. The summed E-state index contributed by atoms with van der Waals surface area (Å²) < 4.78 is 0. The number of likely N-dealkylation sites (N-methyl/N-ethyl adjacent to an activating group) is 1. The Morgan fingerprint density at radius 3 is 2.76 bits per heavy atom. The summed E-state index contributed by atoms with van der Waals surface area (Å²) in [5.41, 5.74) is 0. The summed E-state index contributed by atoms with van der Waals surface area (Å²) in [7, 11) is 3.92. The monoisotopic (exact) mass is 257 g/mol. The van der Waals surface area contributed by atoms with Crippen LogP contribution in [0.3, 0.4) is 0 Å². The quantitative estimate of drug-likeness (QED) is 0.772. The van der Waals surface area contributed by atoms with Crippen LogP contribution in [-0.2, 0) is 6.42 Å². The first kappa shape index (κ1) is 14.6. The number of aliphatic hydroxyl groups is 1. The number of thiazole rings is 1. The third-order valence-corrected chi connectivity index (χ3v) is 3.85. The van der Waals surface area contributed by atoms with E-state index in [1.165, 1.54) is 4.88 Å². The summed E-state index contributed by atoms with van der Waals surface area (Å²) in [5.74, 6) is 0. The predicted molar refractivity (Wildman–Crippen MR) is 72.5 cm³/mol. The molecule has 2 atom stereocenters. The number of aromatic nitrogens is 1. The highest BCUT2D eigenvalue weighted by Crippen LogP contribution is 2.19. The smallest absolute Gasteiger partial charge is 0.109 e. The second-order valence-corrected chi connectivity index (χ2v) is 5.71. The van der Waals surface area contributed by atoms with E-state index in [4.69, 9.17) is 0 Å². The number of hydrogen-bond donors (Lipinski definition) is 2. The topological polar surface area (TPSA) is 48.4 Å². The van der Waals surface area contributed by atoms with Gasteiger partial charge in [0, 0.05) is 24.2 Å². The summed E-state index contributed by atoms with van der Waals surface area (Å²) in [4.78, 5) is 7.68. The molecule has 0 radical (unpaired) electrons. The molecule has 0 spiro atoms. The Bertz CT molecular complexity index is 327. The van der Waals surface area contributed by atoms with E-state index in [9.17, 15) is 5.11 Å². The molecule has 98 valence electrons. The van der Waals surface area contributed by atoms with Gasteiger partial charge < -0.3 is 15.3 Å². The van der Waals surface area contributed by atoms with Crippen LogP contribution < -0.4 is 5.32 Å². The molecule has 0 saturated heterocycles. The molecule has 17 heavy (non-hydrogen) atoms. The van der Waals surface area contributed by atoms with E-state index in [1.807, 2.05) is 25.2 Å². The van der Waals surface area contributed by atoms with E-state index in [0.29, 0.717) is 13.1 Å². The van der Waals surface area contributed by atoms with E-state index in [0.717, 1.165) is 11.4 Å². The van der Waals surface area contributed by atoms with Gasteiger partial charge in [-0.15, -0.1) is 11.3 Å². The summed E-state index contributed by atoms with van der Waals surface area (Å²) in [5, 5.41) is 14.2. The fraction of sp³-hybridized carbons (Fsp3) is 0.750. The maximum Gasteiger partial charge on any atom is 0.109 e. The second-order valence-electron chi connectivity index (χ2n) is 4.56. The molecule has 0 bridgehead atoms. The Morgan fingerprint density at radius 2 is 2.24 bits per heavy atom. The zero-order chi connectivity index (χ0) is 12.8. The number of aliphatic hydroxyl groups excluding tert-OH is 1. The maximum atomic E-state index is 9.75. The Morgan fingerprint density at radius 1 is 1.53 bits per heavy atom. The Labute approximate surface area is 108 Å². The molecule has 1 rings (SSSR count). The van der Waals surface area contributed by atoms with Crippen LogP contribution in [0.15, 0.2) is 6.20 Å². The van der Waals surface area contributed by atoms with E-state index in [1.54, 1.807) is 11.3 Å². The minimum atomic E-state index is -0.335. The fourth-order valence-electron chi connectivity index (χ4n) is 1.57. The minimum absolute atomic E-state index is 0.206. The highest BCUT2D eigenvalue weighted by atomic mass is 32.1. The molecule has 2 unspecified atom stereocenters. The molecule has 1 aromatic heterocycles. The van der Waals surface area contributed by atoms with Crippen LogP contribution in [0.4, 0.5) is 0 Å². The first-order valence-corrected chi connectivity index (χ1v) is 6.85. The fourth-order valence-corrected chi connectivity index (χ4v) is 2.46. The van der Waals surface area contributed by atoms with E-state index in [2.05, 4.69) is 24.1 Å². The van der Waals surface area contributed by atoms with Crippen molar-refractivity contribution in [1.82, 2.24) is 15.2 Å². The van der Waals surface area contributed by atoms with Crippen LogP contribution in [-0.4, -0.2) is 48.3 Å². The van der Waals surface area contributed by atoms with Gasteiger partial charge in [-0.3, -0.25) is 0 Å². The summed E-state index contributed by atoms with van der Waals surface area (Å²) in [6, 6.07) is 0.206. The van der Waals surface area contributed by atoms with Crippen molar-refractivity contribution >= 4 is 11.3 Å². The molecule has 4 nitrogen and oxygen atoms in total. The van der Waals surface area contributed by atoms with Gasteiger partial charge in [0.1, 0.15) is 5.01 Å². The van der Waals surface area contributed by atoms with Gasteiger partial charge in [0.05, 0.1) is 12.1 Å². The van der Waals surface area contributed by atoms with Crippen molar-refractivity contribution in [2.24, 2.45) is 0 Å². The van der Waals surface area contributed by atoms with Crippen LogP contribution in [0.2, 0.25) is 0 Å². The second kappa shape index (κ2) is 7.06. The average molecular weight is 257 g/mol. The van der Waals surface area contributed by atoms with Crippen molar-refractivity contribution in [3.63, 3.8) is 0 Å². The van der Waals surface area contributed by atoms with Crippen molar-refractivity contribution in [1.29, 1.82) is 0 Å². The Kier molecular flexibility index (Phi) is 6.05. The molecule has 5 heteroatoms. The van der Waals surface area contributed by atoms with Crippen LogP contribution >= 0.6 is 11.3 Å². The van der Waals surface area contributed by atoms with Crippen molar-refractivity contribution in [2.75, 3.05) is 27.2 Å². The van der Waals surface area contributed by atoms with Gasteiger partial charge in [0.15, 0.2) is 0 Å². The molecule has 1 aromatic rings. The summed E-state index contributed by atoms with van der Waals surface area (Å²) >= 11 is 1.74. The molecule has 0 amide bonds. The SMILES string of the molecule is CCc1cnc(C(C)NCC(O)CN(C)C)s1. The number of aryl methyl sites for hydroxylation is 1. The largest absolute Gasteiger partial charge is 0.390 e.